The highest BCUT2D eigenvalue weighted by atomic mass is 35.5. The number of fused-ring (bicyclic) bond motifs is 1. The summed E-state index contributed by atoms with van der Waals surface area (Å²) in [5.74, 6) is 0.299. The minimum absolute atomic E-state index is 0. The summed E-state index contributed by atoms with van der Waals surface area (Å²) in [5, 5.41) is 13.3. The van der Waals surface area contributed by atoms with E-state index >= 15 is 0 Å². The lowest BCUT2D eigenvalue weighted by Crippen LogP contribution is -2.25. The molecule has 0 saturated heterocycles. The fourth-order valence-corrected chi connectivity index (χ4v) is 1.41. The molecule has 2 aromatic heterocycles. The predicted molar refractivity (Wildman–Crippen MR) is 67.5 cm³/mol. The van der Waals surface area contributed by atoms with Crippen molar-refractivity contribution in [3.05, 3.63) is 23.9 Å². The highest BCUT2D eigenvalue weighted by molar-refractivity contribution is 5.90. The van der Waals surface area contributed by atoms with Crippen LogP contribution in [0.1, 0.15) is 5.56 Å². The number of aromatic nitrogens is 3. The predicted octanol–water partition coefficient (Wildman–Crippen LogP) is 0.617. The van der Waals surface area contributed by atoms with E-state index < -0.39 is 0 Å². The van der Waals surface area contributed by atoms with Crippen molar-refractivity contribution in [3.63, 3.8) is 0 Å². The Morgan fingerprint density at radius 2 is 2.24 bits per heavy atom. The molecule has 0 spiro atoms. The minimum Gasteiger partial charge on any atom is -0.311 e. The number of pyridine rings is 1. The summed E-state index contributed by atoms with van der Waals surface area (Å²) in [5.41, 5.74) is 1.83. The average Bonchev–Trinajstić information content (AvgIpc) is 2.61. The lowest BCUT2D eigenvalue weighted by molar-refractivity contribution is -0.115. The Morgan fingerprint density at radius 1 is 1.47 bits per heavy atom. The molecule has 92 valence electrons. The van der Waals surface area contributed by atoms with Gasteiger partial charge in [0.1, 0.15) is 0 Å². The van der Waals surface area contributed by atoms with Crippen LogP contribution in [-0.2, 0) is 4.79 Å². The van der Waals surface area contributed by atoms with Gasteiger partial charge < -0.3 is 5.32 Å². The summed E-state index contributed by atoms with van der Waals surface area (Å²) in [4.78, 5) is 11.4. The maximum absolute atomic E-state index is 11.4. The van der Waals surface area contributed by atoms with Gasteiger partial charge in [-0.25, -0.2) is 0 Å². The lowest BCUT2D eigenvalue weighted by Gasteiger charge is -2.02. The number of hydrogen-bond acceptors (Lipinski definition) is 4. The van der Waals surface area contributed by atoms with Gasteiger partial charge in [0.25, 0.3) is 0 Å². The Labute approximate surface area is 105 Å². The smallest absolute Gasteiger partial charge is 0.240 e. The van der Waals surface area contributed by atoms with E-state index in [1.165, 1.54) is 0 Å². The number of aryl methyl sites for hydroxylation is 1. The van der Waals surface area contributed by atoms with Crippen LogP contribution in [0.15, 0.2) is 18.3 Å². The van der Waals surface area contributed by atoms with E-state index in [0.717, 1.165) is 11.2 Å². The van der Waals surface area contributed by atoms with Gasteiger partial charge in [0, 0.05) is 6.20 Å². The topological polar surface area (TPSA) is 71.3 Å². The lowest BCUT2D eigenvalue weighted by atomic mass is 10.3. The number of nitrogens with one attached hydrogen (secondary N) is 2. The molecule has 0 aliphatic carbocycles. The fraction of sp³-hybridized carbons (Fsp3) is 0.300. The van der Waals surface area contributed by atoms with Crippen LogP contribution in [0.5, 0.6) is 0 Å². The normalized spacial score (nSPS) is 10.0. The van der Waals surface area contributed by atoms with Crippen molar-refractivity contribution in [2.45, 2.75) is 6.92 Å². The first-order valence-corrected chi connectivity index (χ1v) is 4.96. The molecule has 17 heavy (non-hydrogen) atoms. The molecule has 2 N–H and O–H groups in total. The number of hydrogen-bond donors (Lipinski definition) is 2. The molecular weight excluding hydrogens is 242 g/mol. The molecule has 0 unspecified atom stereocenters. The first kappa shape index (κ1) is 13.4. The number of anilines is 1. The van der Waals surface area contributed by atoms with Crippen LogP contribution in [0.3, 0.4) is 0 Å². The number of rotatable bonds is 3. The summed E-state index contributed by atoms with van der Waals surface area (Å²) in [6.45, 7) is 2.23. The molecule has 6 nitrogen and oxygen atoms in total. The molecule has 0 saturated carbocycles. The summed E-state index contributed by atoms with van der Waals surface area (Å²) in [7, 11) is 1.71. The van der Waals surface area contributed by atoms with E-state index in [1.807, 2.05) is 25.3 Å². The van der Waals surface area contributed by atoms with Gasteiger partial charge in [0.05, 0.1) is 6.54 Å². The van der Waals surface area contributed by atoms with Crippen LogP contribution in [0, 0.1) is 6.92 Å². The zero-order chi connectivity index (χ0) is 11.5. The molecule has 0 bridgehead atoms. The van der Waals surface area contributed by atoms with Crippen molar-refractivity contribution in [2.24, 2.45) is 0 Å². The van der Waals surface area contributed by atoms with Crippen LogP contribution in [0.25, 0.3) is 5.65 Å². The zero-order valence-electron chi connectivity index (χ0n) is 9.60. The quantitative estimate of drug-likeness (QED) is 0.843. The van der Waals surface area contributed by atoms with E-state index in [2.05, 4.69) is 20.8 Å². The van der Waals surface area contributed by atoms with Gasteiger partial charge in [-0.1, -0.05) is 0 Å². The molecule has 2 heterocycles. The first-order chi connectivity index (χ1) is 7.70. The van der Waals surface area contributed by atoms with Gasteiger partial charge in [0.15, 0.2) is 5.65 Å². The van der Waals surface area contributed by atoms with Crippen molar-refractivity contribution in [1.82, 2.24) is 19.9 Å². The van der Waals surface area contributed by atoms with Gasteiger partial charge in [0.2, 0.25) is 11.9 Å². The molecule has 7 heteroatoms. The molecule has 0 radical (unpaired) electrons. The van der Waals surface area contributed by atoms with E-state index in [-0.39, 0.29) is 24.9 Å². The van der Waals surface area contributed by atoms with Gasteiger partial charge in [-0.15, -0.1) is 22.6 Å². The Morgan fingerprint density at radius 3 is 2.94 bits per heavy atom. The molecule has 2 rings (SSSR count). The third-order valence-corrected chi connectivity index (χ3v) is 2.15. The fourth-order valence-electron chi connectivity index (χ4n) is 1.41. The average molecular weight is 256 g/mol. The van der Waals surface area contributed by atoms with Crippen LogP contribution in [0.2, 0.25) is 0 Å². The van der Waals surface area contributed by atoms with Gasteiger partial charge >= 0.3 is 0 Å². The second-order valence-corrected chi connectivity index (χ2v) is 3.53. The number of carbonyl (C=O) groups is 1. The third-order valence-electron chi connectivity index (χ3n) is 2.15. The number of likely N-dealkylation sites (N-methyl/N-ethyl adjacent to an activating group) is 1. The summed E-state index contributed by atoms with van der Waals surface area (Å²) < 4.78 is 1.74. The van der Waals surface area contributed by atoms with Crippen LogP contribution < -0.4 is 10.6 Å². The number of carbonyl (C=O) groups excluding carboxylic acids is 1. The first-order valence-electron chi connectivity index (χ1n) is 4.96. The van der Waals surface area contributed by atoms with E-state index in [4.69, 9.17) is 0 Å². The second kappa shape index (κ2) is 5.60. The Bertz CT molecular complexity index is 524. The van der Waals surface area contributed by atoms with Crippen LogP contribution in [-0.4, -0.2) is 34.1 Å². The van der Waals surface area contributed by atoms with Gasteiger partial charge in [-0.2, -0.15) is 0 Å². The molecule has 0 aliphatic rings. The molecule has 0 fully saturated rings. The Hall–Kier alpha value is -1.66. The van der Waals surface area contributed by atoms with Crippen molar-refractivity contribution in [2.75, 3.05) is 18.9 Å². The van der Waals surface area contributed by atoms with E-state index in [9.17, 15) is 4.79 Å². The second-order valence-electron chi connectivity index (χ2n) is 3.53. The largest absolute Gasteiger partial charge is 0.311 e. The zero-order valence-corrected chi connectivity index (χ0v) is 10.4. The van der Waals surface area contributed by atoms with E-state index in [0.29, 0.717) is 5.95 Å². The Kier molecular flexibility index (Phi) is 4.42. The molecular formula is C10H14ClN5O. The third kappa shape index (κ3) is 2.92. The van der Waals surface area contributed by atoms with Crippen molar-refractivity contribution >= 4 is 29.9 Å². The monoisotopic (exact) mass is 255 g/mol. The highest BCUT2D eigenvalue weighted by Crippen LogP contribution is 2.09. The van der Waals surface area contributed by atoms with Crippen LogP contribution in [0.4, 0.5) is 5.95 Å². The van der Waals surface area contributed by atoms with Gasteiger partial charge in [-0.05, 0) is 31.7 Å². The van der Waals surface area contributed by atoms with E-state index in [1.54, 1.807) is 11.4 Å². The maximum atomic E-state index is 11.4. The number of nitrogens with zero attached hydrogens (tertiary/aromatic N) is 3. The Balaban J connectivity index is 0.00000144. The van der Waals surface area contributed by atoms with Crippen LogP contribution >= 0.6 is 12.4 Å². The molecule has 0 aromatic carbocycles. The number of halogens is 1. The summed E-state index contributed by atoms with van der Waals surface area (Å²) in [6, 6.07) is 3.84. The number of amides is 1. The molecule has 0 aliphatic heterocycles. The molecule has 1 amide bonds. The van der Waals surface area contributed by atoms with Crippen molar-refractivity contribution < 1.29 is 4.79 Å². The summed E-state index contributed by atoms with van der Waals surface area (Å²) >= 11 is 0. The standard InChI is InChI=1S/C10H13N5O.ClH/c1-7-3-4-15-8(5-7)13-14-10(15)12-9(16)6-11-2;/h3-5,11H,6H2,1-2H3,(H,12,14,16);1H. The summed E-state index contributed by atoms with van der Waals surface area (Å²) in [6.07, 6.45) is 1.83. The maximum Gasteiger partial charge on any atom is 0.240 e. The molecule has 2 aromatic rings. The SMILES string of the molecule is CNCC(=O)Nc1nnc2cc(C)ccn12.Cl. The van der Waals surface area contributed by atoms with Crippen molar-refractivity contribution in [3.8, 4) is 0 Å². The molecule has 0 atom stereocenters. The van der Waals surface area contributed by atoms with Crippen molar-refractivity contribution in [1.29, 1.82) is 0 Å². The highest BCUT2D eigenvalue weighted by Gasteiger charge is 2.07. The minimum atomic E-state index is -0.141. The van der Waals surface area contributed by atoms with Gasteiger partial charge in [-0.3, -0.25) is 14.5 Å².